The first-order valence-electron chi connectivity index (χ1n) is 5.54. The summed E-state index contributed by atoms with van der Waals surface area (Å²) >= 11 is 18.1. The Hall–Kier alpha value is -1.29. The number of nitrogens with zero attached hydrogens (tertiary/aromatic N) is 3. The van der Waals surface area contributed by atoms with Crippen LogP contribution < -0.4 is 0 Å². The van der Waals surface area contributed by atoms with Gasteiger partial charge in [-0.2, -0.15) is 0 Å². The Bertz CT molecular complexity index is 752. The number of imidazole rings is 1. The van der Waals surface area contributed by atoms with Crippen molar-refractivity contribution in [2.75, 3.05) is 0 Å². The Morgan fingerprint density at radius 3 is 2.74 bits per heavy atom. The zero-order valence-electron chi connectivity index (χ0n) is 9.65. The van der Waals surface area contributed by atoms with E-state index in [0.29, 0.717) is 15.9 Å². The van der Waals surface area contributed by atoms with E-state index in [4.69, 9.17) is 34.8 Å². The minimum Gasteiger partial charge on any atom is -0.278 e. The number of halogens is 3. The molecule has 0 N–H and O–H groups in total. The summed E-state index contributed by atoms with van der Waals surface area (Å²) < 4.78 is 1.85. The van der Waals surface area contributed by atoms with Gasteiger partial charge < -0.3 is 0 Å². The van der Waals surface area contributed by atoms with Crippen LogP contribution >= 0.6 is 34.8 Å². The Morgan fingerprint density at radius 1 is 1.16 bits per heavy atom. The summed E-state index contributed by atoms with van der Waals surface area (Å²) in [6.45, 7) is 0. The second-order valence-electron chi connectivity index (χ2n) is 3.94. The van der Waals surface area contributed by atoms with Gasteiger partial charge in [-0.1, -0.05) is 23.2 Å². The van der Waals surface area contributed by atoms with Crippen molar-refractivity contribution in [1.82, 2.24) is 14.5 Å². The molecule has 0 amide bonds. The molecule has 96 valence electrons. The summed E-state index contributed by atoms with van der Waals surface area (Å²) in [7, 11) is 0. The van der Waals surface area contributed by atoms with Crippen molar-refractivity contribution >= 4 is 46.0 Å². The number of hydrogen-bond acceptors (Lipinski definition) is 2. The van der Waals surface area contributed by atoms with Crippen LogP contribution in [0.15, 0.2) is 36.5 Å². The van der Waals surface area contributed by atoms with Gasteiger partial charge in [0, 0.05) is 11.2 Å². The van der Waals surface area contributed by atoms with Crippen LogP contribution in [-0.2, 0) is 5.88 Å². The molecule has 0 aliphatic heterocycles. The molecule has 0 radical (unpaired) electrons. The molecular weight excluding hydrogens is 305 g/mol. The molecule has 0 spiro atoms. The van der Waals surface area contributed by atoms with Crippen molar-refractivity contribution in [3.63, 3.8) is 0 Å². The molecule has 0 saturated carbocycles. The van der Waals surface area contributed by atoms with Crippen molar-refractivity contribution in [1.29, 1.82) is 0 Å². The van der Waals surface area contributed by atoms with E-state index in [0.717, 1.165) is 16.9 Å². The van der Waals surface area contributed by atoms with E-state index in [1.165, 1.54) is 0 Å². The van der Waals surface area contributed by atoms with Crippen molar-refractivity contribution in [3.8, 4) is 5.69 Å². The highest BCUT2D eigenvalue weighted by molar-refractivity contribution is 6.35. The van der Waals surface area contributed by atoms with Crippen LogP contribution in [0.2, 0.25) is 10.0 Å². The molecule has 19 heavy (non-hydrogen) atoms. The standard InChI is InChI=1S/C13H8Cl3N3/c14-7-12-18-10-2-1-5-17-13(10)19(12)11-4-3-8(15)6-9(11)16/h1-6H,7H2. The summed E-state index contributed by atoms with van der Waals surface area (Å²) in [5.41, 5.74) is 2.27. The fourth-order valence-corrected chi connectivity index (χ4v) is 2.64. The summed E-state index contributed by atoms with van der Waals surface area (Å²) in [4.78, 5) is 8.79. The largest absolute Gasteiger partial charge is 0.278 e. The van der Waals surface area contributed by atoms with E-state index in [1.807, 2.05) is 22.8 Å². The average Bonchev–Trinajstić information content (AvgIpc) is 2.77. The van der Waals surface area contributed by atoms with Crippen LogP contribution in [0.3, 0.4) is 0 Å². The first kappa shape index (κ1) is 12.7. The maximum absolute atomic E-state index is 6.25. The third-order valence-corrected chi connectivity index (χ3v) is 3.53. The molecule has 2 aromatic heterocycles. The number of fused-ring (bicyclic) bond motifs is 1. The van der Waals surface area contributed by atoms with Crippen molar-refractivity contribution < 1.29 is 0 Å². The van der Waals surface area contributed by atoms with Crippen LogP contribution in [0.1, 0.15) is 5.82 Å². The van der Waals surface area contributed by atoms with Gasteiger partial charge in [0.1, 0.15) is 11.3 Å². The lowest BCUT2D eigenvalue weighted by molar-refractivity contribution is 0.970. The van der Waals surface area contributed by atoms with Crippen molar-refractivity contribution in [2.45, 2.75) is 5.88 Å². The quantitative estimate of drug-likeness (QED) is 0.654. The van der Waals surface area contributed by atoms with E-state index < -0.39 is 0 Å². The van der Waals surface area contributed by atoms with Gasteiger partial charge in [-0.15, -0.1) is 11.6 Å². The number of hydrogen-bond donors (Lipinski definition) is 0. The van der Waals surface area contributed by atoms with E-state index in [9.17, 15) is 0 Å². The van der Waals surface area contributed by atoms with E-state index in [2.05, 4.69) is 9.97 Å². The Balaban J connectivity index is 2.34. The van der Waals surface area contributed by atoms with Crippen LogP contribution in [0.5, 0.6) is 0 Å². The normalized spacial score (nSPS) is 11.1. The first-order chi connectivity index (χ1) is 9.20. The highest BCUT2D eigenvalue weighted by Crippen LogP contribution is 2.28. The number of alkyl halides is 1. The summed E-state index contributed by atoms with van der Waals surface area (Å²) in [5, 5.41) is 1.11. The molecule has 3 rings (SSSR count). The van der Waals surface area contributed by atoms with Gasteiger partial charge in [-0.25, -0.2) is 9.97 Å². The molecule has 0 atom stereocenters. The fourth-order valence-electron chi connectivity index (χ4n) is 1.96. The topological polar surface area (TPSA) is 30.7 Å². The van der Waals surface area contributed by atoms with Gasteiger partial charge in [-0.05, 0) is 30.3 Å². The van der Waals surface area contributed by atoms with Crippen LogP contribution in [0, 0.1) is 0 Å². The molecule has 6 heteroatoms. The molecule has 0 saturated heterocycles. The number of pyridine rings is 1. The van der Waals surface area contributed by atoms with Gasteiger partial charge in [0.25, 0.3) is 0 Å². The first-order valence-corrected chi connectivity index (χ1v) is 6.83. The number of benzene rings is 1. The molecule has 0 unspecified atom stereocenters. The number of rotatable bonds is 2. The zero-order chi connectivity index (χ0) is 13.4. The van der Waals surface area contributed by atoms with Gasteiger partial charge in [0.15, 0.2) is 5.65 Å². The Morgan fingerprint density at radius 2 is 2.00 bits per heavy atom. The SMILES string of the molecule is ClCc1nc2cccnc2n1-c1ccc(Cl)cc1Cl. The number of aromatic nitrogens is 3. The maximum Gasteiger partial charge on any atom is 0.164 e. The highest BCUT2D eigenvalue weighted by Gasteiger charge is 2.14. The van der Waals surface area contributed by atoms with Crippen LogP contribution in [-0.4, -0.2) is 14.5 Å². The third-order valence-electron chi connectivity index (χ3n) is 2.76. The summed E-state index contributed by atoms with van der Waals surface area (Å²) in [6, 6.07) is 9.01. The van der Waals surface area contributed by atoms with Crippen molar-refractivity contribution in [3.05, 3.63) is 52.4 Å². The third kappa shape index (κ3) is 2.18. The predicted octanol–water partition coefficient (Wildman–Crippen LogP) is 4.47. The lowest BCUT2D eigenvalue weighted by Crippen LogP contribution is -2.01. The summed E-state index contributed by atoms with van der Waals surface area (Å²) in [5.74, 6) is 0.967. The van der Waals surface area contributed by atoms with E-state index in [1.54, 1.807) is 18.3 Å². The molecule has 0 aliphatic carbocycles. The maximum atomic E-state index is 6.25. The average molecular weight is 313 g/mol. The minimum absolute atomic E-state index is 0.273. The summed E-state index contributed by atoms with van der Waals surface area (Å²) in [6.07, 6.45) is 1.71. The lowest BCUT2D eigenvalue weighted by Gasteiger charge is -2.09. The van der Waals surface area contributed by atoms with E-state index >= 15 is 0 Å². The predicted molar refractivity (Wildman–Crippen MR) is 78.4 cm³/mol. The molecule has 3 aromatic rings. The van der Waals surface area contributed by atoms with Gasteiger partial charge >= 0.3 is 0 Å². The highest BCUT2D eigenvalue weighted by atomic mass is 35.5. The molecule has 1 aromatic carbocycles. The van der Waals surface area contributed by atoms with Crippen molar-refractivity contribution in [2.24, 2.45) is 0 Å². The smallest absolute Gasteiger partial charge is 0.164 e. The molecule has 0 bridgehead atoms. The van der Waals surface area contributed by atoms with Gasteiger partial charge in [0.05, 0.1) is 16.6 Å². The fraction of sp³-hybridized carbons (Fsp3) is 0.0769. The van der Waals surface area contributed by atoms with Gasteiger partial charge in [0.2, 0.25) is 0 Å². The van der Waals surface area contributed by atoms with Crippen LogP contribution in [0.25, 0.3) is 16.9 Å². The second-order valence-corrected chi connectivity index (χ2v) is 5.05. The lowest BCUT2D eigenvalue weighted by atomic mass is 10.3. The molecule has 0 aliphatic rings. The Kier molecular flexibility index (Phi) is 3.35. The molecule has 0 fully saturated rings. The minimum atomic E-state index is 0.273. The van der Waals surface area contributed by atoms with Gasteiger partial charge in [-0.3, -0.25) is 4.57 Å². The Labute approximate surface area is 124 Å². The second kappa shape index (κ2) is 5.00. The molecular formula is C13H8Cl3N3. The zero-order valence-corrected chi connectivity index (χ0v) is 11.9. The van der Waals surface area contributed by atoms with Crippen LogP contribution in [0.4, 0.5) is 0 Å². The van der Waals surface area contributed by atoms with E-state index in [-0.39, 0.29) is 5.88 Å². The molecule has 2 heterocycles. The molecule has 3 nitrogen and oxygen atoms in total. The monoisotopic (exact) mass is 311 g/mol.